The lowest BCUT2D eigenvalue weighted by Gasteiger charge is -2.03. The molecule has 3 heterocycles. The minimum atomic E-state index is 0.426. The first-order valence-corrected chi connectivity index (χ1v) is 5.64. The van der Waals surface area contributed by atoms with E-state index in [-0.39, 0.29) is 0 Å². The fraction of sp³-hybridized carbons (Fsp3) is 0. The summed E-state index contributed by atoms with van der Waals surface area (Å²) in [5.74, 6) is 0. The number of rotatable bonds is 2. The van der Waals surface area contributed by atoms with E-state index in [1.807, 2.05) is 36.4 Å². The van der Waals surface area contributed by atoms with Gasteiger partial charge in [-0.15, -0.1) is 0 Å². The summed E-state index contributed by atoms with van der Waals surface area (Å²) in [5, 5.41) is 0. The van der Waals surface area contributed by atoms with Gasteiger partial charge in [-0.3, -0.25) is 9.97 Å². The Labute approximate surface area is 107 Å². The first kappa shape index (κ1) is 9.48. The van der Waals surface area contributed by atoms with Crippen LogP contribution >= 0.6 is 0 Å². The van der Waals surface area contributed by atoms with Crippen molar-refractivity contribution < 1.29 is 1.37 Å². The zero-order valence-electron chi connectivity index (χ0n) is 10.6. The van der Waals surface area contributed by atoms with Gasteiger partial charge in [0.05, 0.1) is 24.1 Å². The molecule has 0 saturated heterocycles. The van der Waals surface area contributed by atoms with E-state index in [2.05, 4.69) is 15.0 Å². The Hall–Kier alpha value is -2.55. The van der Waals surface area contributed by atoms with Gasteiger partial charge in [0.25, 0.3) is 0 Å². The lowest BCUT2D eigenvalue weighted by Crippen LogP contribution is -1.90. The number of aromatic nitrogens is 3. The van der Waals surface area contributed by atoms with Crippen molar-refractivity contribution in [3.63, 3.8) is 0 Å². The zero-order valence-corrected chi connectivity index (χ0v) is 9.62. The summed E-state index contributed by atoms with van der Waals surface area (Å²) in [4.78, 5) is 13.1. The molecule has 0 saturated carbocycles. The Morgan fingerprint density at radius 1 is 0.667 bits per heavy atom. The highest BCUT2D eigenvalue weighted by Crippen LogP contribution is 2.19. The fourth-order valence-electron chi connectivity index (χ4n) is 1.70. The van der Waals surface area contributed by atoms with Crippen molar-refractivity contribution in [3.8, 4) is 22.8 Å². The highest BCUT2D eigenvalue weighted by atomic mass is 14.8. The van der Waals surface area contributed by atoms with Gasteiger partial charge in [-0.1, -0.05) is 18.2 Å². The number of hydrogen-bond acceptors (Lipinski definition) is 3. The van der Waals surface area contributed by atoms with Crippen LogP contribution in [0.4, 0.5) is 0 Å². The molecule has 3 rings (SSSR count). The summed E-state index contributed by atoms with van der Waals surface area (Å²) in [6, 6.07) is 15.2. The number of pyridine rings is 3. The highest BCUT2D eigenvalue weighted by Gasteiger charge is 2.03. The van der Waals surface area contributed by atoms with Gasteiger partial charge in [-0.25, -0.2) is 4.98 Å². The normalized spacial score (nSPS) is 11.0. The molecule has 18 heavy (non-hydrogen) atoms. The smallest absolute Gasteiger partial charge is 0.0894 e. The Kier molecular flexibility index (Phi) is 2.50. The van der Waals surface area contributed by atoms with Gasteiger partial charge in [-0.2, -0.15) is 0 Å². The molecule has 0 aromatic carbocycles. The second-order valence-corrected chi connectivity index (χ2v) is 3.76. The van der Waals surface area contributed by atoms with E-state index in [0.29, 0.717) is 11.7 Å². The fourth-order valence-corrected chi connectivity index (χ4v) is 1.70. The maximum Gasteiger partial charge on any atom is 0.0894 e. The molecule has 0 unspecified atom stereocenters. The Morgan fingerprint density at radius 2 is 1.33 bits per heavy atom. The van der Waals surface area contributed by atoms with Crippen molar-refractivity contribution in [3.05, 3.63) is 67.0 Å². The average molecular weight is 234 g/mol. The van der Waals surface area contributed by atoms with Crippen molar-refractivity contribution in [2.75, 3.05) is 0 Å². The minimum Gasteiger partial charge on any atom is -0.255 e. The van der Waals surface area contributed by atoms with Gasteiger partial charge in [-0.05, 0) is 36.4 Å². The largest absolute Gasteiger partial charge is 0.255 e. The molecule has 0 aliphatic carbocycles. The summed E-state index contributed by atoms with van der Waals surface area (Å²) < 4.78 is 7.62. The van der Waals surface area contributed by atoms with Crippen LogP contribution in [0, 0.1) is 0 Å². The first-order chi connectivity index (χ1) is 9.33. The number of nitrogens with zero attached hydrogens (tertiary/aromatic N) is 3. The van der Waals surface area contributed by atoms with Crippen LogP contribution in [0.3, 0.4) is 0 Å². The Bertz CT molecular complexity index is 699. The molecule has 0 bridgehead atoms. The first-order valence-electron chi connectivity index (χ1n) is 6.14. The molecule has 0 N–H and O–H groups in total. The van der Waals surface area contributed by atoms with Crippen molar-refractivity contribution in [2.24, 2.45) is 0 Å². The quantitative estimate of drug-likeness (QED) is 0.683. The maximum atomic E-state index is 7.62. The predicted molar refractivity (Wildman–Crippen MR) is 70.7 cm³/mol. The average Bonchev–Trinajstić information content (AvgIpc) is 2.48. The lowest BCUT2D eigenvalue weighted by atomic mass is 10.2. The molecule has 3 heteroatoms. The monoisotopic (exact) mass is 234 g/mol. The highest BCUT2D eigenvalue weighted by molar-refractivity contribution is 5.61. The van der Waals surface area contributed by atoms with E-state index < -0.39 is 0 Å². The number of hydrogen-bond donors (Lipinski definition) is 0. The predicted octanol–water partition coefficient (Wildman–Crippen LogP) is 3.21. The molecule has 0 atom stereocenters. The minimum absolute atomic E-state index is 0.426. The van der Waals surface area contributed by atoms with Crippen LogP contribution in [0.15, 0.2) is 67.0 Å². The van der Waals surface area contributed by atoms with Gasteiger partial charge in [0.1, 0.15) is 0 Å². The van der Waals surface area contributed by atoms with E-state index in [4.69, 9.17) is 1.37 Å². The van der Waals surface area contributed by atoms with Crippen molar-refractivity contribution in [1.82, 2.24) is 15.0 Å². The van der Waals surface area contributed by atoms with Crippen LogP contribution in [0.5, 0.6) is 0 Å². The van der Waals surface area contributed by atoms with Gasteiger partial charge in [0.2, 0.25) is 0 Å². The lowest BCUT2D eigenvalue weighted by molar-refractivity contribution is 1.22. The van der Waals surface area contributed by atoms with Crippen LogP contribution in [0.25, 0.3) is 22.8 Å². The third-order valence-corrected chi connectivity index (χ3v) is 2.54. The van der Waals surface area contributed by atoms with E-state index in [1.54, 1.807) is 24.5 Å². The van der Waals surface area contributed by atoms with Crippen molar-refractivity contribution >= 4 is 0 Å². The third-order valence-electron chi connectivity index (χ3n) is 2.54. The Morgan fingerprint density at radius 3 is 2.00 bits per heavy atom. The molecule has 3 aromatic heterocycles. The van der Waals surface area contributed by atoms with Crippen LogP contribution in [0.2, 0.25) is 0 Å². The molecule has 3 nitrogen and oxygen atoms in total. The van der Waals surface area contributed by atoms with Crippen LogP contribution < -0.4 is 0 Å². The standard InChI is InChI=1S/C15H11N3/c1-3-10-16-12(6-1)14-8-5-9-15(18-14)13-7-2-4-11-17-13/h1-11H/i1D. The molecule has 0 spiro atoms. The van der Waals surface area contributed by atoms with Crippen LogP contribution in [-0.4, -0.2) is 15.0 Å². The molecule has 0 aliphatic heterocycles. The maximum absolute atomic E-state index is 7.62. The van der Waals surface area contributed by atoms with E-state index in [0.717, 1.165) is 17.1 Å². The van der Waals surface area contributed by atoms with Crippen LogP contribution in [-0.2, 0) is 0 Å². The molecule has 0 fully saturated rings. The molecule has 0 aliphatic rings. The summed E-state index contributed by atoms with van der Waals surface area (Å²) in [6.45, 7) is 0. The van der Waals surface area contributed by atoms with E-state index in [9.17, 15) is 0 Å². The topological polar surface area (TPSA) is 38.7 Å². The van der Waals surface area contributed by atoms with Gasteiger partial charge in [0.15, 0.2) is 0 Å². The molecule has 0 amide bonds. The molecule has 86 valence electrons. The summed E-state index contributed by atoms with van der Waals surface area (Å²) in [6.07, 6.45) is 3.36. The van der Waals surface area contributed by atoms with Crippen molar-refractivity contribution in [1.29, 1.82) is 0 Å². The molecular formula is C15H11N3. The summed E-state index contributed by atoms with van der Waals surface area (Å²) >= 11 is 0. The van der Waals surface area contributed by atoms with Gasteiger partial charge in [0, 0.05) is 12.4 Å². The van der Waals surface area contributed by atoms with E-state index >= 15 is 0 Å². The SMILES string of the molecule is [2H]c1ccnc(-c2cccc(-c3ccccn3)n2)c1. The van der Waals surface area contributed by atoms with Gasteiger partial charge < -0.3 is 0 Å². The van der Waals surface area contributed by atoms with Crippen molar-refractivity contribution in [2.45, 2.75) is 0 Å². The second-order valence-electron chi connectivity index (χ2n) is 3.76. The van der Waals surface area contributed by atoms with Crippen LogP contribution in [0.1, 0.15) is 1.37 Å². The third kappa shape index (κ3) is 2.11. The zero-order chi connectivity index (χ0) is 13.1. The molecule has 3 aromatic rings. The van der Waals surface area contributed by atoms with E-state index in [1.165, 1.54) is 0 Å². The second kappa shape index (κ2) is 4.75. The molecule has 0 radical (unpaired) electrons. The summed E-state index contributed by atoms with van der Waals surface area (Å²) in [7, 11) is 0. The Balaban J connectivity index is 2.06. The summed E-state index contributed by atoms with van der Waals surface area (Å²) in [5.41, 5.74) is 3.07. The van der Waals surface area contributed by atoms with Gasteiger partial charge >= 0.3 is 0 Å². The molecular weight excluding hydrogens is 222 g/mol.